The van der Waals surface area contributed by atoms with Gasteiger partial charge in [0.1, 0.15) is 17.4 Å². The predicted molar refractivity (Wildman–Crippen MR) is 83.3 cm³/mol. The Morgan fingerprint density at radius 2 is 1.86 bits per heavy atom. The Labute approximate surface area is 121 Å². The largest absolute Gasteiger partial charge is 0.461 e. The maximum Gasteiger partial charge on any atom is 0.134 e. The lowest BCUT2D eigenvalue weighted by atomic mass is 9.96. The molecule has 21 heavy (non-hydrogen) atoms. The van der Waals surface area contributed by atoms with Gasteiger partial charge in [0, 0.05) is 28.0 Å². The average Bonchev–Trinajstić information content (AvgIpc) is 3.09. The molecule has 0 fully saturated rings. The summed E-state index contributed by atoms with van der Waals surface area (Å²) in [7, 11) is 0. The molecule has 3 nitrogen and oxygen atoms in total. The number of fused-ring (bicyclic) bond motifs is 2. The van der Waals surface area contributed by atoms with Gasteiger partial charge < -0.3 is 14.5 Å². The molecule has 1 atom stereocenters. The first-order chi connectivity index (χ1) is 10.3. The van der Waals surface area contributed by atoms with Crippen molar-refractivity contribution in [2.24, 2.45) is 0 Å². The van der Waals surface area contributed by atoms with E-state index < -0.39 is 6.10 Å². The fourth-order valence-corrected chi connectivity index (χ4v) is 3.03. The fourth-order valence-electron chi connectivity index (χ4n) is 3.03. The maximum absolute atomic E-state index is 10.9. The van der Waals surface area contributed by atoms with Crippen molar-refractivity contribution in [3.8, 4) is 0 Å². The van der Waals surface area contributed by atoms with Crippen LogP contribution in [0.2, 0.25) is 0 Å². The molecule has 104 valence electrons. The van der Waals surface area contributed by atoms with E-state index in [0.717, 1.165) is 38.8 Å². The quantitative estimate of drug-likeness (QED) is 0.573. The molecule has 0 saturated carbocycles. The number of H-pyrrole nitrogens is 1. The van der Waals surface area contributed by atoms with Gasteiger partial charge in [-0.2, -0.15) is 0 Å². The van der Waals surface area contributed by atoms with Gasteiger partial charge >= 0.3 is 0 Å². The third kappa shape index (κ3) is 1.78. The molecular formula is C18H15NO2. The number of rotatable bonds is 2. The highest BCUT2D eigenvalue weighted by Crippen LogP contribution is 2.36. The average molecular weight is 277 g/mol. The Morgan fingerprint density at radius 3 is 2.76 bits per heavy atom. The molecule has 4 aromatic rings. The summed E-state index contributed by atoms with van der Waals surface area (Å²) in [6.07, 6.45) is 1.19. The number of para-hydroxylation sites is 1. The number of aromatic nitrogens is 1. The van der Waals surface area contributed by atoms with Crippen molar-refractivity contribution in [2.75, 3.05) is 0 Å². The minimum Gasteiger partial charge on any atom is -0.461 e. The van der Waals surface area contributed by atoms with Gasteiger partial charge in [-0.3, -0.25) is 0 Å². The van der Waals surface area contributed by atoms with Crippen LogP contribution in [0, 0.1) is 6.92 Å². The minimum absolute atomic E-state index is 0.701. The first-order valence-electron chi connectivity index (χ1n) is 6.98. The molecule has 2 N–H and O–H groups in total. The first kappa shape index (κ1) is 12.2. The van der Waals surface area contributed by atoms with Gasteiger partial charge in [-0.05, 0) is 30.7 Å². The fraction of sp³-hybridized carbons (Fsp3) is 0.111. The SMILES string of the molecule is Cc1oc2ccccc2c1C(O)c1cccc2[nH]ccc12. The summed E-state index contributed by atoms with van der Waals surface area (Å²) in [4.78, 5) is 3.18. The summed E-state index contributed by atoms with van der Waals surface area (Å²) in [6.45, 7) is 1.90. The molecule has 0 aliphatic carbocycles. The molecule has 0 radical (unpaired) electrons. The summed E-state index contributed by atoms with van der Waals surface area (Å²) < 4.78 is 5.77. The molecule has 1 unspecified atom stereocenters. The van der Waals surface area contributed by atoms with E-state index in [1.165, 1.54) is 0 Å². The van der Waals surface area contributed by atoms with Crippen molar-refractivity contribution in [1.29, 1.82) is 0 Å². The second-order valence-electron chi connectivity index (χ2n) is 5.26. The van der Waals surface area contributed by atoms with Crippen LogP contribution in [0.1, 0.15) is 23.0 Å². The van der Waals surface area contributed by atoms with Gasteiger partial charge in [-0.1, -0.05) is 30.3 Å². The summed E-state index contributed by atoms with van der Waals surface area (Å²) >= 11 is 0. The molecule has 2 aromatic carbocycles. The maximum atomic E-state index is 10.9. The van der Waals surface area contributed by atoms with Gasteiger partial charge in [0.05, 0.1) is 0 Å². The van der Waals surface area contributed by atoms with Crippen LogP contribution in [0.3, 0.4) is 0 Å². The van der Waals surface area contributed by atoms with Crippen molar-refractivity contribution < 1.29 is 9.52 Å². The Balaban J connectivity index is 1.96. The van der Waals surface area contributed by atoms with Crippen LogP contribution in [0.5, 0.6) is 0 Å². The zero-order chi connectivity index (χ0) is 14.4. The molecular weight excluding hydrogens is 262 g/mol. The van der Waals surface area contributed by atoms with E-state index in [1.807, 2.05) is 61.7 Å². The molecule has 0 bridgehead atoms. The second-order valence-corrected chi connectivity index (χ2v) is 5.26. The van der Waals surface area contributed by atoms with Crippen molar-refractivity contribution in [1.82, 2.24) is 4.98 Å². The zero-order valence-corrected chi connectivity index (χ0v) is 11.6. The van der Waals surface area contributed by atoms with Crippen LogP contribution in [0.25, 0.3) is 21.9 Å². The third-order valence-corrected chi connectivity index (χ3v) is 4.02. The number of nitrogens with one attached hydrogen (secondary N) is 1. The Hall–Kier alpha value is -2.52. The van der Waals surface area contributed by atoms with Gasteiger partial charge in [-0.15, -0.1) is 0 Å². The van der Waals surface area contributed by atoms with Gasteiger partial charge in [-0.25, -0.2) is 0 Å². The van der Waals surface area contributed by atoms with Gasteiger partial charge in [0.2, 0.25) is 0 Å². The number of furan rings is 1. The third-order valence-electron chi connectivity index (χ3n) is 4.02. The summed E-state index contributed by atoms with van der Waals surface area (Å²) in [5, 5.41) is 12.9. The van der Waals surface area contributed by atoms with E-state index >= 15 is 0 Å². The Morgan fingerprint density at radius 1 is 1.00 bits per heavy atom. The number of benzene rings is 2. The predicted octanol–water partition coefficient (Wildman–Crippen LogP) is 4.30. The number of hydrogen-bond acceptors (Lipinski definition) is 2. The summed E-state index contributed by atoms with van der Waals surface area (Å²) in [5.41, 5.74) is 3.57. The lowest BCUT2D eigenvalue weighted by Gasteiger charge is -2.12. The van der Waals surface area contributed by atoms with Gasteiger partial charge in [0.15, 0.2) is 0 Å². The lowest BCUT2D eigenvalue weighted by Crippen LogP contribution is -2.01. The second kappa shape index (κ2) is 4.50. The summed E-state index contributed by atoms with van der Waals surface area (Å²) in [6, 6.07) is 15.7. The molecule has 2 aromatic heterocycles. The monoisotopic (exact) mass is 277 g/mol. The van der Waals surface area contributed by atoms with Crippen molar-refractivity contribution in [3.05, 3.63) is 71.6 Å². The van der Waals surface area contributed by atoms with E-state index in [2.05, 4.69) is 4.98 Å². The molecule has 0 spiro atoms. The van der Waals surface area contributed by atoms with E-state index in [9.17, 15) is 5.11 Å². The van der Waals surface area contributed by atoms with Crippen LogP contribution in [-0.2, 0) is 0 Å². The lowest BCUT2D eigenvalue weighted by molar-refractivity contribution is 0.221. The van der Waals surface area contributed by atoms with E-state index in [1.54, 1.807) is 0 Å². The molecule has 0 saturated heterocycles. The minimum atomic E-state index is -0.701. The van der Waals surface area contributed by atoms with E-state index in [-0.39, 0.29) is 0 Å². The van der Waals surface area contributed by atoms with E-state index in [4.69, 9.17) is 4.42 Å². The van der Waals surface area contributed by atoms with Gasteiger partial charge in [0.25, 0.3) is 0 Å². The number of hydrogen-bond donors (Lipinski definition) is 2. The van der Waals surface area contributed by atoms with Crippen LogP contribution < -0.4 is 0 Å². The van der Waals surface area contributed by atoms with E-state index in [0.29, 0.717) is 0 Å². The van der Waals surface area contributed by atoms with Crippen LogP contribution in [0.15, 0.2) is 59.1 Å². The zero-order valence-electron chi connectivity index (χ0n) is 11.6. The van der Waals surface area contributed by atoms with Crippen LogP contribution >= 0.6 is 0 Å². The number of aromatic amines is 1. The first-order valence-corrected chi connectivity index (χ1v) is 6.98. The highest BCUT2D eigenvalue weighted by Gasteiger charge is 2.21. The number of aliphatic hydroxyl groups is 1. The Bertz CT molecular complexity index is 933. The molecule has 0 aliphatic rings. The molecule has 2 heterocycles. The van der Waals surface area contributed by atoms with Crippen molar-refractivity contribution in [3.63, 3.8) is 0 Å². The topological polar surface area (TPSA) is 49.2 Å². The standard InChI is InChI=1S/C18H15NO2/c1-11-17(14-5-2-3-8-16(14)21-11)18(20)13-6-4-7-15-12(13)9-10-19-15/h2-10,18-20H,1H3. The highest BCUT2D eigenvalue weighted by atomic mass is 16.3. The van der Waals surface area contributed by atoms with Crippen LogP contribution in [-0.4, -0.2) is 10.1 Å². The number of aryl methyl sites for hydroxylation is 1. The Kier molecular flexibility index (Phi) is 2.62. The molecule has 3 heteroatoms. The molecule has 0 amide bonds. The van der Waals surface area contributed by atoms with Crippen LogP contribution in [0.4, 0.5) is 0 Å². The normalized spacial score (nSPS) is 13.0. The summed E-state index contributed by atoms with van der Waals surface area (Å²) in [5.74, 6) is 0.760. The molecule has 0 aliphatic heterocycles. The highest BCUT2D eigenvalue weighted by molar-refractivity contribution is 5.87. The molecule has 4 rings (SSSR count). The number of aliphatic hydroxyl groups excluding tert-OH is 1. The van der Waals surface area contributed by atoms with Crippen molar-refractivity contribution >= 4 is 21.9 Å². The van der Waals surface area contributed by atoms with Crippen molar-refractivity contribution in [2.45, 2.75) is 13.0 Å². The smallest absolute Gasteiger partial charge is 0.134 e.